The molecule has 6 heteroatoms. The molecule has 0 aliphatic heterocycles. The molecule has 5 rings (SSSR count). The van der Waals surface area contributed by atoms with Crippen LogP contribution in [0.4, 0.5) is 10.2 Å². The molecule has 0 atom stereocenters. The number of nitrogens with zero attached hydrogens (tertiary/aromatic N) is 4. The van der Waals surface area contributed by atoms with E-state index in [0.29, 0.717) is 17.2 Å². The summed E-state index contributed by atoms with van der Waals surface area (Å²) in [5.41, 5.74) is 12.0. The van der Waals surface area contributed by atoms with Gasteiger partial charge in [-0.05, 0) is 55.0 Å². The number of hydrogen-bond acceptors (Lipinski definition) is 4. The number of pyridine rings is 1. The zero-order valence-corrected chi connectivity index (χ0v) is 15.1. The fourth-order valence-corrected chi connectivity index (χ4v) is 3.48. The number of halogens is 1. The summed E-state index contributed by atoms with van der Waals surface area (Å²) >= 11 is 0. The normalized spacial score (nSPS) is 11.4. The number of nitrogen functional groups attached to an aromatic ring is 1. The van der Waals surface area contributed by atoms with Crippen LogP contribution in [0.25, 0.3) is 39.1 Å². The van der Waals surface area contributed by atoms with E-state index < -0.39 is 0 Å². The van der Waals surface area contributed by atoms with Crippen LogP contribution in [-0.2, 0) is 0 Å². The Kier molecular flexibility index (Phi) is 3.58. The van der Waals surface area contributed by atoms with Crippen molar-refractivity contribution in [1.29, 1.82) is 0 Å². The van der Waals surface area contributed by atoms with E-state index in [-0.39, 0.29) is 5.82 Å². The number of hydrogen-bond donors (Lipinski definition) is 1. The predicted molar refractivity (Wildman–Crippen MR) is 108 cm³/mol. The topological polar surface area (TPSA) is 69.1 Å². The van der Waals surface area contributed by atoms with Gasteiger partial charge in [-0.1, -0.05) is 6.07 Å². The lowest BCUT2D eigenvalue weighted by molar-refractivity contribution is 0.628. The largest absolute Gasteiger partial charge is 0.381 e. The van der Waals surface area contributed by atoms with E-state index in [0.717, 1.165) is 33.3 Å². The van der Waals surface area contributed by atoms with E-state index in [1.165, 1.54) is 12.1 Å². The number of fused-ring (bicyclic) bond motifs is 2. The highest BCUT2D eigenvalue weighted by Crippen LogP contribution is 2.34. The van der Waals surface area contributed by atoms with Crippen LogP contribution in [0.2, 0.25) is 0 Å². The molecule has 0 fully saturated rings. The Bertz CT molecular complexity index is 1340. The van der Waals surface area contributed by atoms with E-state index >= 15 is 0 Å². The number of imidazole rings is 1. The Hall–Kier alpha value is -3.80. The summed E-state index contributed by atoms with van der Waals surface area (Å²) in [6, 6.07) is 14.4. The third kappa shape index (κ3) is 2.58. The molecule has 0 aliphatic carbocycles. The van der Waals surface area contributed by atoms with E-state index in [2.05, 4.69) is 27.1 Å². The molecular weight excluding hydrogens is 353 g/mol. The van der Waals surface area contributed by atoms with Gasteiger partial charge in [0.25, 0.3) is 0 Å². The van der Waals surface area contributed by atoms with Gasteiger partial charge in [0.2, 0.25) is 0 Å². The molecule has 3 heterocycles. The van der Waals surface area contributed by atoms with Crippen molar-refractivity contribution in [2.45, 2.75) is 6.92 Å². The van der Waals surface area contributed by atoms with Crippen molar-refractivity contribution in [2.75, 3.05) is 5.73 Å². The average molecular weight is 369 g/mol. The summed E-state index contributed by atoms with van der Waals surface area (Å²) < 4.78 is 15.4. The Morgan fingerprint density at radius 2 is 1.75 bits per heavy atom. The van der Waals surface area contributed by atoms with Crippen molar-refractivity contribution in [3.8, 4) is 22.5 Å². The maximum absolute atomic E-state index is 13.5. The number of rotatable bonds is 2. The minimum atomic E-state index is -0.297. The summed E-state index contributed by atoms with van der Waals surface area (Å²) in [5.74, 6) is 0.0283. The molecule has 28 heavy (non-hydrogen) atoms. The smallest absolute Gasteiger partial charge is 0.180 e. The zero-order valence-electron chi connectivity index (χ0n) is 15.1. The van der Waals surface area contributed by atoms with Crippen LogP contribution >= 0.6 is 0 Å². The zero-order chi connectivity index (χ0) is 19.3. The lowest BCUT2D eigenvalue weighted by Gasteiger charge is -2.14. The molecule has 0 unspecified atom stereocenters. The molecular formula is C22H16FN5. The molecule has 5 nitrogen and oxygen atoms in total. The average Bonchev–Trinajstić information content (AvgIpc) is 3.18. The first-order valence-electron chi connectivity index (χ1n) is 8.85. The van der Waals surface area contributed by atoms with Gasteiger partial charge in [0.1, 0.15) is 5.82 Å². The third-order valence-corrected chi connectivity index (χ3v) is 4.78. The first-order chi connectivity index (χ1) is 13.6. The maximum atomic E-state index is 13.5. The number of aromatic nitrogens is 4. The van der Waals surface area contributed by atoms with Crippen LogP contribution in [0.5, 0.6) is 0 Å². The number of anilines is 1. The summed E-state index contributed by atoms with van der Waals surface area (Å²) in [5, 5.41) is 1.03. The Morgan fingerprint density at radius 1 is 0.964 bits per heavy atom. The van der Waals surface area contributed by atoms with Crippen molar-refractivity contribution >= 4 is 22.4 Å². The molecule has 0 spiro atoms. The summed E-state index contributed by atoms with van der Waals surface area (Å²) in [6.45, 7) is 2.02. The van der Waals surface area contributed by atoms with Crippen LogP contribution in [-0.4, -0.2) is 19.4 Å². The van der Waals surface area contributed by atoms with Crippen LogP contribution in [0.1, 0.15) is 5.56 Å². The summed E-state index contributed by atoms with van der Waals surface area (Å²) in [7, 11) is 0. The Labute approximate surface area is 160 Å². The van der Waals surface area contributed by atoms with E-state index in [4.69, 9.17) is 5.73 Å². The standard InChI is InChI=1S/C22H16FN5/c1-13-10-16-11-15(4-7-18(16)26-12-13)20-19(14-2-5-17(23)6-3-14)27-21(24)22-25-8-9-28(20)22/h2-12H,1H3,(H2,24,27). The van der Waals surface area contributed by atoms with Gasteiger partial charge in [-0.25, -0.2) is 14.4 Å². The monoisotopic (exact) mass is 369 g/mol. The van der Waals surface area contributed by atoms with Crippen molar-refractivity contribution in [1.82, 2.24) is 19.4 Å². The van der Waals surface area contributed by atoms with Gasteiger partial charge in [-0.3, -0.25) is 9.38 Å². The minimum Gasteiger partial charge on any atom is -0.381 e. The SMILES string of the molecule is Cc1cnc2ccc(-c3c(-c4ccc(F)cc4)nc(N)c4nccn34)cc2c1. The number of aryl methyl sites for hydroxylation is 1. The minimum absolute atomic E-state index is 0.297. The molecule has 136 valence electrons. The summed E-state index contributed by atoms with van der Waals surface area (Å²) in [4.78, 5) is 13.4. The molecule has 0 saturated carbocycles. The van der Waals surface area contributed by atoms with Crippen molar-refractivity contribution in [2.24, 2.45) is 0 Å². The number of nitrogens with two attached hydrogens (primary N) is 1. The fourth-order valence-electron chi connectivity index (χ4n) is 3.48. The van der Waals surface area contributed by atoms with Crippen LogP contribution < -0.4 is 5.73 Å². The Morgan fingerprint density at radius 3 is 2.57 bits per heavy atom. The lowest BCUT2D eigenvalue weighted by atomic mass is 10.0. The van der Waals surface area contributed by atoms with Gasteiger partial charge in [0, 0.05) is 35.1 Å². The van der Waals surface area contributed by atoms with Crippen LogP contribution in [0.15, 0.2) is 67.1 Å². The summed E-state index contributed by atoms with van der Waals surface area (Å²) in [6.07, 6.45) is 5.40. The van der Waals surface area contributed by atoms with E-state index in [9.17, 15) is 4.39 Å². The van der Waals surface area contributed by atoms with Gasteiger partial charge in [0.15, 0.2) is 11.5 Å². The molecule has 0 radical (unpaired) electrons. The van der Waals surface area contributed by atoms with Crippen LogP contribution in [0.3, 0.4) is 0 Å². The fraction of sp³-hybridized carbons (Fsp3) is 0.0455. The van der Waals surface area contributed by atoms with Crippen molar-refractivity contribution < 1.29 is 4.39 Å². The van der Waals surface area contributed by atoms with Crippen molar-refractivity contribution in [3.05, 3.63) is 78.5 Å². The highest BCUT2D eigenvalue weighted by atomic mass is 19.1. The van der Waals surface area contributed by atoms with Gasteiger partial charge in [0.05, 0.1) is 16.9 Å². The highest BCUT2D eigenvalue weighted by molar-refractivity contribution is 5.89. The second-order valence-electron chi connectivity index (χ2n) is 6.74. The van der Waals surface area contributed by atoms with E-state index in [1.54, 1.807) is 18.3 Å². The van der Waals surface area contributed by atoms with Gasteiger partial charge in [-0.2, -0.15) is 0 Å². The van der Waals surface area contributed by atoms with Gasteiger partial charge >= 0.3 is 0 Å². The first kappa shape index (κ1) is 16.4. The molecule has 2 aromatic carbocycles. The first-order valence-corrected chi connectivity index (χ1v) is 8.85. The molecule has 0 saturated heterocycles. The highest BCUT2D eigenvalue weighted by Gasteiger charge is 2.17. The molecule has 5 aromatic rings. The second kappa shape index (κ2) is 6.13. The molecule has 2 N–H and O–H groups in total. The molecule has 0 bridgehead atoms. The van der Waals surface area contributed by atoms with Crippen LogP contribution in [0, 0.1) is 12.7 Å². The quantitative estimate of drug-likeness (QED) is 0.492. The molecule has 0 amide bonds. The maximum Gasteiger partial charge on any atom is 0.180 e. The van der Waals surface area contributed by atoms with Gasteiger partial charge < -0.3 is 5.73 Å². The van der Waals surface area contributed by atoms with Crippen molar-refractivity contribution in [3.63, 3.8) is 0 Å². The lowest BCUT2D eigenvalue weighted by Crippen LogP contribution is -2.03. The molecule has 0 aliphatic rings. The third-order valence-electron chi connectivity index (χ3n) is 4.78. The second-order valence-corrected chi connectivity index (χ2v) is 6.74. The number of benzene rings is 2. The molecule has 3 aromatic heterocycles. The van der Waals surface area contributed by atoms with E-state index in [1.807, 2.05) is 35.9 Å². The Balaban J connectivity index is 1.85. The van der Waals surface area contributed by atoms with Gasteiger partial charge in [-0.15, -0.1) is 0 Å². The predicted octanol–water partition coefficient (Wildman–Crippen LogP) is 4.64.